The van der Waals surface area contributed by atoms with Gasteiger partial charge >= 0.3 is 0 Å². The second-order valence-electron chi connectivity index (χ2n) is 4.97. The first kappa shape index (κ1) is 16.3. The Kier molecular flexibility index (Phi) is 4.42. The third-order valence-corrected chi connectivity index (χ3v) is 4.24. The smallest absolute Gasteiger partial charge is 0.216 e. The minimum absolute atomic E-state index is 0.0888. The highest BCUT2D eigenvalue weighted by molar-refractivity contribution is 6.42. The first-order valence-electron chi connectivity index (χ1n) is 6.83. The maximum Gasteiger partial charge on any atom is 0.216 e. The number of benzene rings is 2. The van der Waals surface area contributed by atoms with E-state index >= 15 is 0 Å². The van der Waals surface area contributed by atoms with Crippen molar-refractivity contribution >= 4 is 34.0 Å². The first-order valence-corrected chi connectivity index (χ1v) is 7.58. The van der Waals surface area contributed by atoms with Crippen LogP contribution in [0.5, 0.6) is 0 Å². The predicted octanol–water partition coefficient (Wildman–Crippen LogP) is 1.01. The Morgan fingerprint density at radius 1 is 1.00 bits per heavy atom. The van der Waals surface area contributed by atoms with E-state index in [0.717, 1.165) is 5.56 Å². The maximum absolute atomic E-state index is 12.6. The monoisotopic (exact) mass is 360 g/mol. The highest BCUT2D eigenvalue weighted by Crippen LogP contribution is 2.22. The van der Waals surface area contributed by atoms with Crippen LogP contribution in [0.3, 0.4) is 0 Å². The summed E-state index contributed by atoms with van der Waals surface area (Å²) >= 11 is 11.8. The molecule has 0 atom stereocenters. The highest BCUT2D eigenvalue weighted by Gasteiger charge is 2.09. The van der Waals surface area contributed by atoms with Gasteiger partial charge in [0.25, 0.3) is 0 Å². The van der Waals surface area contributed by atoms with Crippen molar-refractivity contribution in [1.29, 1.82) is 0 Å². The van der Waals surface area contributed by atoms with E-state index in [1.165, 1.54) is 18.5 Å². The molecule has 0 amide bonds. The van der Waals surface area contributed by atoms with E-state index in [1.54, 1.807) is 18.2 Å². The number of halogens is 2. The molecule has 0 fully saturated rings. The number of aromatic nitrogens is 1. The average Bonchev–Trinajstić information content (AvgIpc) is 2.59. The van der Waals surface area contributed by atoms with Gasteiger partial charge in [0.15, 0.2) is 5.36 Å². The fraction of sp³-hybridized carbons (Fsp3) is 0.0625. The summed E-state index contributed by atoms with van der Waals surface area (Å²) in [7, 11) is 0. The van der Waals surface area contributed by atoms with E-state index in [9.17, 15) is 9.59 Å². The molecule has 3 rings (SSSR count). The van der Waals surface area contributed by atoms with E-state index in [4.69, 9.17) is 29.0 Å². The Bertz CT molecular complexity index is 1170. The summed E-state index contributed by atoms with van der Waals surface area (Å²) in [6.07, 6.45) is 2.76. The van der Waals surface area contributed by atoms with Gasteiger partial charge in [-0.1, -0.05) is 29.3 Å². The van der Waals surface area contributed by atoms with Gasteiger partial charge in [-0.2, -0.15) is 5.10 Å². The minimum atomic E-state index is -0.456. The van der Waals surface area contributed by atoms with Crippen molar-refractivity contribution in [3.8, 4) is 0 Å². The van der Waals surface area contributed by atoms with Crippen LogP contribution in [0.2, 0.25) is 10.0 Å². The minimum Gasteiger partial charge on any atom is -0.322 e. The van der Waals surface area contributed by atoms with Gasteiger partial charge in [0, 0.05) is 17.8 Å². The molecular weight excluding hydrogens is 351 g/mol. The summed E-state index contributed by atoms with van der Waals surface area (Å²) in [5.74, 6) is 5.30. The summed E-state index contributed by atoms with van der Waals surface area (Å²) in [6.45, 7) is 0.125. The van der Waals surface area contributed by atoms with Gasteiger partial charge in [0.1, 0.15) is 5.36 Å². The van der Waals surface area contributed by atoms with Gasteiger partial charge in [0.05, 0.1) is 22.0 Å². The van der Waals surface area contributed by atoms with Crippen LogP contribution in [-0.4, -0.2) is 4.98 Å². The van der Waals surface area contributed by atoms with Crippen LogP contribution in [0.15, 0.2) is 56.3 Å². The van der Waals surface area contributed by atoms with Gasteiger partial charge in [-0.25, -0.2) is 0 Å². The normalized spacial score (nSPS) is 12.9. The average molecular weight is 361 g/mol. The van der Waals surface area contributed by atoms with Gasteiger partial charge in [-0.05, 0) is 23.8 Å². The molecule has 0 aliphatic heterocycles. The van der Waals surface area contributed by atoms with Gasteiger partial charge < -0.3 is 5.84 Å². The van der Waals surface area contributed by atoms with Crippen molar-refractivity contribution in [2.24, 2.45) is 15.9 Å². The lowest BCUT2D eigenvalue weighted by Gasteiger charge is -2.00. The number of nitrogens with two attached hydrogens (primary N) is 1. The Morgan fingerprint density at radius 3 is 2.46 bits per heavy atom. The molecule has 0 unspecified atom stereocenters. The molecule has 2 N–H and O–H groups in total. The Labute approximate surface area is 145 Å². The van der Waals surface area contributed by atoms with E-state index in [1.807, 2.05) is 0 Å². The Morgan fingerprint density at radius 2 is 1.75 bits per heavy atom. The summed E-state index contributed by atoms with van der Waals surface area (Å²) in [5, 5.41) is 4.39. The van der Waals surface area contributed by atoms with Crippen LogP contribution >= 0.6 is 23.2 Å². The van der Waals surface area contributed by atoms with Crippen molar-refractivity contribution in [2.45, 2.75) is 6.54 Å². The van der Waals surface area contributed by atoms with Crippen molar-refractivity contribution in [2.75, 3.05) is 0 Å². The number of fused-ring (bicyclic) bond motifs is 1. The summed E-state index contributed by atoms with van der Waals surface area (Å²) in [5.41, 5.74) is -0.171. The molecular formula is C16H10Cl2N4O2. The molecule has 0 spiro atoms. The largest absolute Gasteiger partial charge is 0.322 e. The summed E-state index contributed by atoms with van der Waals surface area (Å²) < 4.78 is 0. The molecule has 0 aliphatic carbocycles. The summed E-state index contributed by atoms with van der Waals surface area (Å²) in [4.78, 5) is 33.1. The van der Waals surface area contributed by atoms with Crippen molar-refractivity contribution in [3.05, 3.63) is 83.4 Å². The molecule has 0 radical (unpaired) electrons. The number of rotatable bonds is 2. The van der Waals surface area contributed by atoms with Crippen LogP contribution in [-0.2, 0) is 6.54 Å². The van der Waals surface area contributed by atoms with Crippen LogP contribution in [0.4, 0.5) is 0 Å². The van der Waals surface area contributed by atoms with Crippen molar-refractivity contribution in [3.63, 3.8) is 0 Å². The number of nitrogens with zero attached hydrogens (tertiary/aromatic N) is 3. The van der Waals surface area contributed by atoms with Crippen LogP contribution in [0.1, 0.15) is 5.56 Å². The molecule has 120 valence electrons. The Balaban J connectivity index is 2.25. The Hall–Kier alpha value is -2.57. The molecule has 6 nitrogen and oxygen atoms in total. The van der Waals surface area contributed by atoms with Crippen LogP contribution in [0.25, 0.3) is 10.8 Å². The number of hydrogen-bond acceptors (Lipinski definition) is 6. The van der Waals surface area contributed by atoms with E-state index in [2.05, 4.69) is 15.1 Å². The molecule has 0 bridgehead atoms. The third-order valence-electron chi connectivity index (χ3n) is 3.50. The zero-order valence-electron chi connectivity index (χ0n) is 12.2. The topological polar surface area (TPSA) is 97.8 Å². The second-order valence-corrected chi connectivity index (χ2v) is 5.78. The zero-order valence-corrected chi connectivity index (χ0v) is 13.7. The summed E-state index contributed by atoms with van der Waals surface area (Å²) in [6, 6.07) is 6.45. The molecule has 24 heavy (non-hydrogen) atoms. The molecule has 1 heterocycles. The van der Waals surface area contributed by atoms with Crippen LogP contribution in [0, 0.1) is 0 Å². The fourth-order valence-corrected chi connectivity index (χ4v) is 2.64. The van der Waals surface area contributed by atoms with E-state index in [-0.39, 0.29) is 28.0 Å². The number of hydrogen-bond donors (Lipinski definition) is 1. The highest BCUT2D eigenvalue weighted by atomic mass is 35.5. The predicted molar refractivity (Wildman–Crippen MR) is 92.1 cm³/mol. The maximum atomic E-state index is 12.6. The van der Waals surface area contributed by atoms with E-state index < -0.39 is 10.9 Å². The SMILES string of the molecule is NN=c1c(=NCc2ccc(Cl)c(Cl)c2)c(=O)c2cnccc2c1=O. The molecule has 0 aliphatic rings. The fourth-order valence-electron chi connectivity index (χ4n) is 2.32. The second kappa shape index (κ2) is 6.51. The lowest BCUT2D eigenvalue weighted by Crippen LogP contribution is -2.49. The quantitative estimate of drug-likeness (QED) is 0.544. The third kappa shape index (κ3) is 2.81. The molecule has 1 aromatic heterocycles. The van der Waals surface area contributed by atoms with Gasteiger partial charge in [0.2, 0.25) is 10.9 Å². The van der Waals surface area contributed by atoms with Crippen LogP contribution < -0.4 is 27.4 Å². The van der Waals surface area contributed by atoms with E-state index in [0.29, 0.717) is 10.0 Å². The van der Waals surface area contributed by atoms with Gasteiger partial charge in [-0.3, -0.25) is 19.6 Å². The van der Waals surface area contributed by atoms with Gasteiger partial charge in [-0.15, -0.1) is 0 Å². The molecule has 8 heteroatoms. The standard InChI is InChI=1S/C16H10Cl2N4O2/c17-11-2-1-8(5-12(11)18)6-21-13-14(22-19)15(23)9-3-4-20-7-10(9)16(13)24/h1-5,7H,6,19H2. The molecule has 0 saturated heterocycles. The van der Waals surface area contributed by atoms with Crippen molar-refractivity contribution < 1.29 is 0 Å². The molecule has 3 aromatic rings. The number of pyridine rings is 1. The molecule has 0 saturated carbocycles. The lowest BCUT2D eigenvalue weighted by atomic mass is 10.1. The first-order chi connectivity index (χ1) is 11.5. The zero-order chi connectivity index (χ0) is 17.3. The van der Waals surface area contributed by atoms with Crippen molar-refractivity contribution in [1.82, 2.24) is 4.98 Å². The molecule has 2 aromatic carbocycles. The lowest BCUT2D eigenvalue weighted by molar-refractivity contribution is 0.968.